The van der Waals surface area contributed by atoms with Gasteiger partial charge in [-0.25, -0.2) is 0 Å². The van der Waals surface area contributed by atoms with Crippen molar-refractivity contribution in [2.24, 2.45) is 11.7 Å². The summed E-state index contributed by atoms with van der Waals surface area (Å²) in [4.78, 5) is 5.78. The molecule has 18 heavy (non-hydrogen) atoms. The average Bonchev–Trinajstić information content (AvgIpc) is 2.39. The molecule has 100 valence electrons. The Morgan fingerprint density at radius 2 is 2.28 bits per heavy atom. The highest BCUT2D eigenvalue weighted by Gasteiger charge is 2.19. The Kier molecular flexibility index (Phi) is 5.07. The molecule has 1 aliphatic carbocycles. The maximum Gasteiger partial charge on any atom is 0.0571 e. The van der Waals surface area contributed by atoms with Crippen LogP contribution in [0.3, 0.4) is 0 Å². The minimum atomic E-state index is 0.0822. The van der Waals surface area contributed by atoms with Crippen LogP contribution in [0.15, 0.2) is 23.2 Å². The van der Waals surface area contributed by atoms with Gasteiger partial charge in [0.2, 0.25) is 0 Å². The van der Waals surface area contributed by atoms with Crippen LogP contribution in [-0.2, 0) is 0 Å². The van der Waals surface area contributed by atoms with Gasteiger partial charge >= 0.3 is 0 Å². The zero-order valence-electron chi connectivity index (χ0n) is 11.4. The first-order valence-electron chi connectivity index (χ1n) is 7.07. The molecule has 0 radical (unpaired) electrons. The molecule has 0 aliphatic heterocycles. The van der Waals surface area contributed by atoms with E-state index in [1.54, 1.807) is 0 Å². The van der Waals surface area contributed by atoms with Crippen LogP contribution in [0.2, 0.25) is 0 Å². The SMILES string of the molecule is CC[C@@H](N)c1ccc(SC2CCCC(C)C2)cn1. The lowest BCUT2D eigenvalue weighted by Gasteiger charge is -2.26. The number of pyridine rings is 1. The molecule has 3 heteroatoms. The molecule has 2 rings (SSSR count). The quantitative estimate of drug-likeness (QED) is 0.887. The van der Waals surface area contributed by atoms with E-state index in [1.165, 1.54) is 30.6 Å². The Balaban J connectivity index is 1.93. The lowest BCUT2D eigenvalue weighted by atomic mass is 9.91. The van der Waals surface area contributed by atoms with E-state index < -0.39 is 0 Å². The van der Waals surface area contributed by atoms with Crippen LogP contribution in [0.1, 0.15) is 57.7 Å². The first-order chi connectivity index (χ1) is 8.69. The van der Waals surface area contributed by atoms with Gasteiger partial charge in [-0.05, 0) is 37.3 Å². The summed E-state index contributed by atoms with van der Waals surface area (Å²) in [5.74, 6) is 0.886. The summed E-state index contributed by atoms with van der Waals surface area (Å²) in [5.41, 5.74) is 6.99. The third kappa shape index (κ3) is 3.72. The maximum atomic E-state index is 5.98. The molecule has 0 aromatic carbocycles. The minimum absolute atomic E-state index is 0.0822. The van der Waals surface area contributed by atoms with E-state index in [0.29, 0.717) is 0 Å². The second-order valence-electron chi connectivity index (χ2n) is 5.45. The fourth-order valence-electron chi connectivity index (χ4n) is 2.57. The van der Waals surface area contributed by atoms with Crippen molar-refractivity contribution < 1.29 is 0 Å². The summed E-state index contributed by atoms with van der Waals surface area (Å²) in [6.45, 7) is 4.47. The molecule has 3 atom stereocenters. The monoisotopic (exact) mass is 264 g/mol. The molecule has 1 saturated carbocycles. The van der Waals surface area contributed by atoms with Gasteiger partial charge in [-0.2, -0.15) is 0 Å². The summed E-state index contributed by atoms with van der Waals surface area (Å²) in [5, 5.41) is 0.779. The van der Waals surface area contributed by atoms with Crippen LogP contribution in [0.25, 0.3) is 0 Å². The van der Waals surface area contributed by atoms with Crippen molar-refractivity contribution in [3.63, 3.8) is 0 Å². The van der Waals surface area contributed by atoms with Crippen LogP contribution in [0, 0.1) is 5.92 Å². The van der Waals surface area contributed by atoms with Crippen molar-refractivity contribution >= 4 is 11.8 Å². The van der Waals surface area contributed by atoms with E-state index in [0.717, 1.165) is 23.3 Å². The summed E-state index contributed by atoms with van der Waals surface area (Å²) in [6, 6.07) is 4.35. The standard InChI is InChI=1S/C15H24N2S/c1-3-14(16)15-8-7-13(10-17-15)18-12-6-4-5-11(2)9-12/h7-8,10-12,14H,3-6,9,16H2,1-2H3/t11?,12?,14-/m1/s1. The molecule has 2 nitrogen and oxygen atoms in total. The van der Waals surface area contributed by atoms with Crippen LogP contribution < -0.4 is 5.73 Å². The lowest BCUT2D eigenvalue weighted by molar-refractivity contribution is 0.394. The van der Waals surface area contributed by atoms with Crippen molar-refractivity contribution in [1.82, 2.24) is 4.98 Å². The predicted octanol–water partition coefficient (Wildman–Crippen LogP) is 4.16. The van der Waals surface area contributed by atoms with Crippen molar-refractivity contribution in [1.29, 1.82) is 0 Å². The van der Waals surface area contributed by atoms with Crippen LogP contribution in [-0.4, -0.2) is 10.2 Å². The van der Waals surface area contributed by atoms with Crippen molar-refractivity contribution in [2.45, 2.75) is 62.1 Å². The predicted molar refractivity (Wildman–Crippen MR) is 78.7 cm³/mol. The van der Waals surface area contributed by atoms with Crippen molar-refractivity contribution in [3.05, 3.63) is 24.0 Å². The summed E-state index contributed by atoms with van der Waals surface area (Å²) in [6.07, 6.45) is 8.42. The van der Waals surface area contributed by atoms with Gasteiger partial charge in [-0.1, -0.05) is 26.7 Å². The lowest BCUT2D eigenvalue weighted by Crippen LogP contribution is -2.15. The van der Waals surface area contributed by atoms with Gasteiger partial charge in [0.15, 0.2) is 0 Å². The molecule has 0 saturated heterocycles. The third-order valence-electron chi connectivity index (χ3n) is 3.77. The second-order valence-corrected chi connectivity index (χ2v) is 6.82. The molecule has 2 unspecified atom stereocenters. The van der Waals surface area contributed by atoms with Crippen molar-refractivity contribution in [2.75, 3.05) is 0 Å². The molecule has 1 heterocycles. The largest absolute Gasteiger partial charge is 0.323 e. The van der Waals surface area contributed by atoms with Crippen LogP contribution in [0.5, 0.6) is 0 Å². The Morgan fingerprint density at radius 1 is 1.44 bits per heavy atom. The van der Waals surface area contributed by atoms with E-state index in [2.05, 4.69) is 31.0 Å². The maximum absolute atomic E-state index is 5.98. The molecular formula is C15H24N2S. The van der Waals surface area contributed by atoms with E-state index in [-0.39, 0.29) is 6.04 Å². The number of nitrogens with two attached hydrogens (primary N) is 1. The number of thioether (sulfide) groups is 1. The van der Waals surface area contributed by atoms with Crippen LogP contribution in [0.4, 0.5) is 0 Å². The molecule has 1 aromatic heterocycles. The number of nitrogens with zero attached hydrogens (tertiary/aromatic N) is 1. The number of rotatable bonds is 4. The molecule has 0 spiro atoms. The van der Waals surface area contributed by atoms with Gasteiger partial charge in [0, 0.05) is 22.4 Å². The number of aromatic nitrogens is 1. The Hall–Kier alpha value is -0.540. The van der Waals surface area contributed by atoms with Crippen LogP contribution >= 0.6 is 11.8 Å². The Bertz CT molecular complexity index is 363. The average molecular weight is 264 g/mol. The van der Waals surface area contributed by atoms with Gasteiger partial charge in [0.05, 0.1) is 5.69 Å². The molecule has 0 bridgehead atoms. The fourth-order valence-corrected chi connectivity index (χ4v) is 3.92. The van der Waals surface area contributed by atoms with Gasteiger partial charge < -0.3 is 5.73 Å². The molecule has 1 aliphatic rings. The molecule has 2 N–H and O–H groups in total. The summed E-state index contributed by atoms with van der Waals surface area (Å²) < 4.78 is 0. The molecular weight excluding hydrogens is 240 g/mol. The highest BCUT2D eigenvalue weighted by atomic mass is 32.2. The normalized spacial score (nSPS) is 25.9. The number of hydrogen-bond acceptors (Lipinski definition) is 3. The Morgan fingerprint density at radius 3 is 2.89 bits per heavy atom. The fraction of sp³-hybridized carbons (Fsp3) is 0.667. The minimum Gasteiger partial charge on any atom is -0.323 e. The zero-order chi connectivity index (χ0) is 13.0. The number of hydrogen-bond donors (Lipinski definition) is 1. The van der Waals surface area contributed by atoms with E-state index in [9.17, 15) is 0 Å². The molecule has 1 aromatic rings. The smallest absolute Gasteiger partial charge is 0.0571 e. The summed E-state index contributed by atoms with van der Waals surface area (Å²) >= 11 is 1.99. The van der Waals surface area contributed by atoms with Gasteiger partial charge in [0.25, 0.3) is 0 Å². The molecule has 0 amide bonds. The summed E-state index contributed by atoms with van der Waals surface area (Å²) in [7, 11) is 0. The highest BCUT2D eigenvalue weighted by molar-refractivity contribution is 8.00. The highest BCUT2D eigenvalue weighted by Crippen LogP contribution is 2.35. The zero-order valence-corrected chi connectivity index (χ0v) is 12.2. The first kappa shape index (κ1) is 13.9. The Labute approximate surface area is 115 Å². The van der Waals surface area contributed by atoms with E-state index in [4.69, 9.17) is 5.73 Å². The van der Waals surface area contributed by atoms with Crippen molar-refractivity contribution in [3.8, 4) is 0 Å². The van der Waals surface area contributed by atoms with E-state index >= 15 is 0 Å². The first-order valence-corrected chi connectivity index (χ1v) is 7.95. The topological polar surface area (TPSA) is 38.9 Å². The van der Waals surface area contributed by atoms with Gasteiger partial charge in [0.1, 0.15) is 0 Å². The third-order valence-corrected chi connectivity index (χ3v) is 5.05. The van der Waals surface area contributed by atoms with Gasteiger partial charge in [-0.15, -0.1) is 11.8 Å². The second kappa shape index (κ2) is 6.58. The molecule has 1 fully saturated rings. The van der Waals surface area contributed by atoms with Gasteiger partial charge in [-0.3, -0.25) is 4.98 Å². The van der Waals surface area contributed by atoms with E-state index in [1.807, 2.05) is 18.0 Å².